The van der Waals surface area contributed by atoms with Crippen molar-refractivity contribution in [1.82, 2.24) is 14.9 Å². The third-order valence-electron chi connectivity index (χ3n) is 5.88. The molecule has 0 unspecified atom stereocenters. The van der Waals surface area contributed by atoms with Gasteiger partial charge < -0.3 is 19.3 Å². The molecule has 146 valence electrons. The molecule has 3 aliphatic rings. The number of anilines is 2. The summed E-state index contributed by atoms with van der Waals surface area (Å²) in [5.74, 6) is 0.244. The van der Waals surface area contributed by atoms with Crippen LogP contribution in [0.2, 0.25) is 0 Å². The third-order valence-corrected chi connectivity index (χ3v) is 5.88. The molecule has 0 N–H and O–H groups in total. The van der Waals surface area contributed by atoms with Crippen LogP contribution in [-0.2, 0) is 15.9 Å². The number of carbonyl (C=O) groups excluding carboxylic acids is 1. The van der Waals surface area contributed by atoms with Crippen LogP contribution in [0, 0.1) is 0 Å². The SMILES string of the molecule is O=C(c1cc(N2CCCc3ccccc32)ncn1)N1CCC2(CC1)OCCO2. The number of aryl methyl sites for hydroxylation is 1. The lowest BCUT2D eigenvalue weighted by atomic mass is 10.0. The van der Waals surface area contributed by atoms with Crippen LogP contribution in [-0.4, -0.2) is 59.4 Å². The summed E-state index contributed by atoms with van der Waals surface area (Å²) in [5, 5.41) is 0. The summed E-state index contributed by atoms with van der Waals surface area (Å²) < 4.78 is 11.5. The smallest absolute Gasteiger partial charge is 0.272 e. The average Bonchev–Trinajstić information content (AvgIpc) is 3.21. The highest BCUT2D eigenvalue weighted by atomic mass is 16.7. The van der Waals surface area contributed by atoms with Crippen molar-refractivity contribution < 1.29 is 14.3 Å². The van der Waals surface area contributed by atoms with E-state index in [1.807, 2.05) is 17.0 Å². The maximum Gasteiger partial charge on any atom is 0.272 e. The number of carbonyl (C=O) groups is 1. The van der Waals surface area contributed by atoms with Crippen molar-refractivity contribution in [2.24, 2.45) is 0 Å². The molecule has 0 bridgehead atoms. The minimum absolute atomic E-state index is 0.0539. The van der Waals surface area contributed by atoms with Gasteiger partial charge in [0.2, 0.25) is 0 Å². The zero-order chi connectivity index (χ0) is 19.0. The molecule has 1 aromatic carbocycles. The van der Waals surface area contributed by atoms with Gasteiger partial charge >= 0.3 is 0 Å². The Labute approximate surface area is 164 Å². The molecule has 0 radical (unpaired) electrons. The van der Waals surface area contributed by atoms with Crippen molar-refractivity contribution in [2.75, 3.05) is 37.7 Å². The Hall–Kier alpha value is -2.51. The Morgan fingerprint density at radius 3 is 2.64 bits per heavy atom. The second-order valence-electron chi connectivity index (χ2n) is 7.55. The van der Waals surface area contributed by atoms with Gasteiger partial charge in [-0.05, 0) is 24.5 Å². The lowest BCUT2D eigenvalue weighted by Gasteiger charge is -2.37. The fourth-order valence-corrected chi connectivity index (χ4v) is 4.38. The summed E-state index contributed by atoms with van der Waals surface area (Å²) in [6.07, 6.45) is 5.04. The molecule has 1 amide bonds. The first-order valence-electron chi connectivity index (χ1n) is 9.99. The number of benzene rings is 1. The molecule has 2 aromatic rings. The van der Waals surface area contributed by atoms with Crippen LogP contribution < -0.4 is 4.90 Å². The second kappa shape index (κ2) is 7.14. The van der Waals surface area contributed by atoms with E-state index in [4.69, 9.17) is 9.47 Å². The third kappa shape index (κ3) is 3.14. The first-order valence-corrected chi connectivity index (χ1v) is 9.99. The van der Waals surface area contributed by atoms with Gasteiger partial charge in [0.1, 0.15) is 17.8 Å². The lowest BCUT2D eigenvalue weighted by molar-refractivity contribution is -0.181. The first kappa shape index (κ1) is 17.6. The number of hydrogen-bond donors (Lipinski definition) is 0. The summed E-state index contributed by atoms with van der Waals surface area (Å²) >= 11 is 0. The largest absolute Gasteiger partial charge is 0.347 e. The zero-order valence-electron chi connectivity index (χ0n) is 15.8. The minimum atomic E-state index is -0.481. The maximum absolute atomic E-state index is 13.0. The van der Waals surface area contributed by atoms with Gasteiger partial charge in [-0.1, -0.05) is 18.2 Å². The molecular weight excluding hydrogens is 356 g/mol. The summed E-state index contributed by atoms with van der Waals surface area (Å²) in [5.41, 5.74) is 2.93. The van der Waals surface area contributed by atoms with Gasteiger partial charge in [-0.15, -0.1) is 0 Å². The number of ether oxygens (including phenoxy) is 2. The van der Waals surface area contributed by atoms with Gasteiger partial charge in [-0.3, -0.25) is 4.79 Å². The molecule has 2 saturated heterocycles. The Kier molecular flexibility index (Phi) is 4.49. The predicted octanol–water partition coefficient (Wildman–Crippen LogP) is 2.54. The monoisotopic (exact) mass is 380 g/mol. The average molecular weight is 380 g/mol. The molecule has 28 heavy (non-hydrogen) atoms. The van der Waals surface area contributed by atoms with Crippen LogP contribution in [0.4, 0.5) is 11.5 Å². The highest BCUT2D eigenvalue weighted by Crippen LogP contribution is 2.33. The van der Waals surface area contributed by atoms with Crippen LogP contribution in [0.3, 0.4) is 0 Å². The molecule has 2 fully saturated rings. The zero-order valence-corrected chi connectivity index (χ0v) is 15.8. The fourth-order valence-electron chi connectivity index (χ4n) is 4.38. The molecule has 3 aliphatic heterocycles. The van der Waals surface area contributed by atoms with Gasteiger partial charge in [0.15, 0.2) is 5.79 Å². The van der Waals surface area contributed by atoms with Crippen LogP contribution in [0.5, 0.6) is 0 Å². The van der Waals surface area contributed by atoms with Crippen molar-refractivity contribution >= 4 is 17.4 Å². The van der Waals surface area contributed by atoms with Crippen molar-refractivity contribution in [2.45, 2.75) is 31.5 Å². The van der Waals surface area contributed by atoms with E-state index in [1.165, 1.54) is 17.6 Å². The molecule has 5 rings (SSSR count). The van der Waals surface area contributed by atoms with E-state index in [0.29, 0.717) is 44.8 Å². The normalized spacial score (nSPS) is 21.0. The molecule has 0 aliphatic carbocycles. The van der Waals surface area contributed by atoms with Gasteiger partial charge in [0, 0.05) is 44.2 Å². The van der Waals surface area contributed by atoms with Gasteiger partial charge in [0.25, 0.3) is 5.91 Å². The second-order valence-corrected chi connectivity index (χ2v) is 7.55. The predicted molar refractivity (Wildman–Crippen MR) is 104 cm³/mol. The van der Waals surface area contributed by atoms with E-state index in [9.17, 15) is 4.79 Å². The molecule has 7 nitrogen and oxygen atoms in total. The molecule has 1 spiro atoms. The Balaban J connectivity index is 1.34. The molecule has 0 saturated carbocycles. The van der Waals surface area contributed by atoms with E-state index in [0.717, 1.165) is 25.2 Å². The van der Waals surface area contributed by atoms with E-state index >= 15 is 0 Å². The van der Waals surface area contributed by atoms with Crippen molar-refractivity contribution in [3.8, 4) is 0 Å². The molecule has 1 aromatic heterocycles. The summed E-state index contributed by atoms with van der Waals surface area (Å²) in [6, 6.07) is 10.2. The maximum atomic E-state index is 13.0. The quantitative estimate of drug-likeness (QED) is 0.798. The number of hydrogen-bond acceptors (Lipinski definition) is 6. The van der Waals surface area contributed by atoms with E-state index in [-0.39, 0.29) is 5.91 Å². The van der Waals surface area contributed by atoms with Crippen molar-refractivity contribution in [3.63, 3.8) is 0 Å². The number of likely N-dealkylation sites (tertiary alicyclic amines) is 1. The highest BCUT2D eigenvalue weighted by Gasteiger charge is 2.41. The van der Waals surface area contributed by atoms with Gasteiger partial charge in [0.05, 0.1) is 13.2 Å². The number of para-hydroxylation sites is 1. The fraction of sp³-hybridized carbons (Fsp3) is 0.476. The standard InChI is InChI=1S/C21H24N4O3/c26-20(24-10-7-21(8-11-24)27-12-13-28-21)17-14-19(23-15-22-17)25-9-3-5-16-4-1-2-6-18(16)25/h1-2,4,6,14-15H,3,5,7-13H2. The summed E-state index contributed by atoms with van der Waals surface area (Å²) in [6.45, 7) is 3.40. The molecule has 0 atom stereocenters. The first-order chi connectivity index (χ1) is 13.7. The number of rotatable bonds is 2. The topological polar surface area (TPSA) is 67.8 Å². The highest BCUT2D eigenvalue weighted by molar-refractivity contribution is 5.93. The number of fused-ring (bicyclic) bond motifs is 1. The summed E-state index contributed by atoms with van der Waals surface area (Å²) in [4.78, 5) is 25.8. The van der Waals surface area contributed by atoms with Crippen LogP contribution in [0.15, 0.2) is 36.7 Å². The van der Waals surface area contributed by atoms with Crippen LogP contribution in [0.1, 0.15) is 35.3 Å². The van der Waals surface area contributed by atoms with Gasteiger partial charge in [-0.25, -0.2) is 9.97 Å². The Morgan fingerprint density at radius 1 is 1.04 bits per heavy atom. The minimum Gasteiger partial charge on any atom is -0.347 e. The van der Waals surface area contributed by atoms with Crippen LogP contribution >= 0.6 is 0 Å². The van der Waals surface area contributed by atoms with Crippen molar-refractivity contribution in [3.05, 3.63) is 47.9 Å². The Morgan fingerprint density at radius 2 is 1.82 bits per heavy atom. The van der Waals surface area contributed by atoms with Crippen LogP contribution in [0.25, 0.3) is 0 Å². The lowest BCUT2D eigenvalue weighted by Crippen LogP contribution is -2.47. The van der Waals surface area contributed by atoms with E-state index in [2.05, 4.69) is 33.1 Å². The van der Waals surface area contributed by atoms with E-state index in [1.54, 1.807) is 0 Å². The van der Waals surface area contributed by atoms with E-state index < -0.39 is 5.79 Å². The number of aromatic nitrogens is 2. The molecule has 4 heterocycles. The molecule has 7 heteroatoms. The summed E-state index contributed by atoms with van der Waals surface area (Å²) in [7, 11) is 0. The van der Waals surface area contributed by atoms with Crippen molar-refractivity contribution in [1.29, 1.82) is 0 Å². The Bertz CT molecular complexity index is 871. The number of amides is 1. The number of piperidine rings is 1. The molecular formula is C21H24N4O3. The van der Waals surface area contributed by atoms with Gasteiger partial charge in [-0.2, -0.15) is 0 Å². The number of nitrogens with zero attached hydrogens (tertiary/aromatic N) is 4.